The van der Waals surface area contributed by atoms with Gasteiger partial charge in [-0.25, -0.2) is 0 Å². The Morgan fingerprint density at radius 3 is 2.80 bits per heavy atom. The van der Waals surface area contributed by atoms with Crippen molar-refractivity contribution in [2.45, 2.75) is 13.0 Å². The average molecular weight is 307 g/mol. The van der Waals surface area contributed by atoms with Crippen molar-refractivity contribution in [2.24, 2.45) is 0 Å². The van der Waals surface area contributed by atoms with Gasteiger partial charge in [-0.1, -0.05) is 29.8 Å². The van der Waals surface area contributed by atoms with Gasteiger partial charge in [0.2, 0.25) is 5.91 Å². The number of nitrogens with zero attached hydrogens (tertiary/aromatic N) is 2. The summed E-state index contributed by atoms with van der Waals surface area (Å²) < 4.78 is 3.87. The number of hydrogen-bond acceptors (Lipinski definition) is 5. The minimum Gasteiger partial charge on any atom is -0.363 e. The van der Waals surface area contributed by atoms with E-state index in [4.69, 9.17) is 16.9 Å². The van der Waals surface area contributed by atoms with Gasteiger partial charge in [0.05, 0.1) is 0 Å². The predicted octanol–water partition coefficient (Wildman–Crippen LogP) is 3.11. The molecule has 0 bridgehead atoms. The van der Waals surface area contributed by atoms with Gasteiger partial charge in [-0.2, -0.15) is 9.64 Å². The Labute approximate surface area is 125 Å². The second-order valence-corrected chi connectivity index (χ2v) is 5.14. The van der Waals surface area contributed by atoms with Crippen LogP contribution in [0.3, 0.4) is 0 Å². The second-order valence-electron chi connectivity index (χ2n) is 4.01. The molecular weight excluding hydrogens is 296 g/mol. The molecule has 2 aromatic rings. The van der Waals surface area contributed by atoms with Crippen LogP contribution in [0.1, 0.15) is 12.5 Å². The van der Waals surface area contributed by atoms with E-state index >= 15 is 0 Å². The predicted molar refractivity (Wildman–Crippen MR) is 80.0 cm³/mol. The van der Waals surface area contributed by atoms with E-state index in [0.717, 1.165) is 11.5 Å². The van der Waals surface area contributed by atoms with Gasteiger partial charge in [-0.05, 0) is 30.6 Å². The number of halogens is 1. The van der Waals surface area contributed by atoms with Crippen molar-refractivity contribution in [1.29, 1.82) is 5.26 Å². The molecule has 0 aliphatic carbocycles. The quantitative estimate of drug-likeness (QED) is 0.910. The lowest BCUT2D eigenvalue weighted by atomic mass is 10.2. The maximum absolute atomic E-state index is 12.0. The topological polar surface area (TPSA) is 77.8 Å². The molecule has 7 heteroatoms. The Morgan fingerprint density at radius 1 is 1.45 bits per heavy atom. The largest absolute Gasteiger partial charge is 0.363 e. The summed E-state index contributed by atoms with van der Waals surface area (Å²) in [5.41, 5.74) is 0.977. The summed E-state index contributed by atoms with van der Waals surface area (Å²) in [5.74, 6) is -0.204. The van der Waals surface area contributed by atoms with Crippen LogP contribution < -0.4 is 10.6 Å². The summed E-state index contributed by atoms with van der Waals surface area (Å²) in [5, 5.41) is 15.3. The van der Waals surface area contributed by atoms with E-state index in [-0.39, 0.29) is 16.6 Å². The summed E-state index contributed by atoms with van der Waals surface area (Å²) in [6.07, 6.45) is 0. The van der Waals surface area contributed by atoms with Crippen LogP contribution in [0.2, 0.25) is 5.15 Å². The Morgan fingerprint density at radius 2 is 2.15 bits per heavy atom. The van der Waals surface area contributed by atoms with Gasteiger partial charge in [-0.3, -0.25) is 4.79 Å². The molecule has 2 N–H and O–H groups in total. The highest BCUT2D eigenvalue weighted by molar-refractivity contribution is 7.10. The van der Waals surface area contributed by atoms with E-state index in [9.17, 15) is 4.79 Å². The number of carbonyl (C=O) groups excluding carboxylic acids is 1. The summed E-state index contributed by atoms with van der Waals surface area (Å²) in [6, 6.07) is 10.6. The molecule has 5 nitrogen and oxygen atoms in total. The minimum absolute atomic E-state index is 0.149. The van der Waals surface area contributed by atoms with Crippen molar-refractivity contribution < 1.29 is 4.79 Å². The van der Waals surface area contributed by atoms with Crippen molar-refractivity contribution in [2.75, 3.05) is 10.6 Å². The molecule has 1 aromatic heterocycles. The van der Waals surface area contributed by atoms with Crippen molar-refractivity contribution in [3.8, 4) is 6.07 Å². The van der Waals surface area contributed by atoms with E-state index < -0.39 is 6.04 Å². The fourth-order valence-corrected chi connectivity index (χ4v) is 2.52. The molecule has 0 saturated carbocycles. The molecule has 2 rings (SSSR count). The Hall–Kier alpha value is -2.10. The number of nitriles is 1. The Bertz CT molecular complexity index is 650. The van der Waals surface area contributed by atoms with E-state index in [1.807, 2.05) is 24.3 Å². The normalized spacial score (nSPS) is 11.4. The van der Waals surface area contributed by atoms with E-state index in [0.29, 0.717) is 10.7 Å². The van der Waals surface area contributed by atoms with Gasteiger partial charge < -0.3 is 10.6 Å². The van der Waals surface area contributed by atoms with Gasteiger partial charge in [0.1, 0.15) is 22.7 Å². The third-order valence-electron chi connectivity index (χ3n) is 2.54. The highest BCUT2D eigenvalue weighted by Crippen LogP contribution is 2.28. The molecule has 1 amide bonds. The van der Waals surface area contributed by atoms with Crippen molar-refractivity contribution in [3.63, 3.8) is 0 Å². The van der Waals surface area contributed by atoms with E-state index in [2.05, 4.69) is 15.0 Å². The lowest BCUT2D eigenvalue weighted by Crippen LogP contribution is -2.31. The molecule has 0 aliphatic rings. The summed E-state index contributed by atoms with van der Waals surface area (Å²) in [6.45, 7) is 1.70. The SMILES string of the molecule is CC(Nc1snc(Cl)c1C#N)C(=O)Nc1ccccc1. The summed E-state index contributed by atoms with van der Waals surface area (Å²) >= 11 is 6.83. The number of anilines is 2. The third-order valence-corrected chi connectivity index (χ3v) is 3.70. The number of nitrogens with one attached hydrogen (secondary N) is 2. The number of aromatic nitrogens is 1. The van der Waals surface area contributed by atoms with E-state index in [1.54, 1.807) is 19.1 Å². The van der Waals surface area contributed by atoms with Crippen LogP contribution in [0, 0.1) is 11.3 Å². The standard InChI is InChI=1S/C13H11ClN4OS/c1-8(12(19)17-9-5-3-2-4-6-9)16-13-10(7-15)11(14)18-20-13/h2-6,8,16H,1H3,(H,17,19). The van der Waals surface area contributed by atoms with Gasteiger partial charge in [0.15, 0.2) is 5.15 Å². The second kappa shape index (κ2) is 6.37. The molecule has 20 heavy (non-hydrogen) atoms. The Balaban J connectivity index is 2.03. The highest BCUT2D eigenvalue weighted by Gasteiger charge is 2.18. The molecular formula is C13H11ClN4OS. The first-order chi connectivity index (χ1) is 9.61. The molecule has 0 aliphatic heterocycles. The molecule has 0 spiro atoms. The molecule has 1 aromatic carbocycles. The monoisotopic (exact) mass is 306 g/mol. The number of amides is 1. The molecule has 0 saturated heterocycles. The number of hydrogen-bond donors (Lipinski definition) is 2. The van der Waals surface area contributed by atoms with E-state index in [1.165, 1.54) is 0 Å². The number of benzene rings is 1. The summed E-state index contributed by atoms with van der Waals surface area (Å²) in [7, 11) is 0. The lowest BCUT2D eigenvalue weighted by molar-refractivity contribution is -0.116. The van der Waals surface area contributed by atoms with Crippen LogP contribution in [0.15, 0.2) is 30.3 Å². The van der Waals surface area contributed by atoms with Crippen LogP contribution in [0.25, 0.3) is 0 Å². The lowest BCUT2D eigenvalue weighted by Gasteiger charge is -2.13. The first-order valence-corrected chi connectivity index (χ1v) is 6.94. The zero-order chi connectivity index (χ0) is 14.5. The van der Waals surface area contributed by atoms with Gasteiger partial charge >= 0.3 is 0 Å². The van der Waals surface area contributed by atoms with Gasteiger partial charge in [-0.15, -0.1) is 0 Å². The first kappa shape index (κ1) is 14.3. The van der Waals surface area contributed by atoms with Gasteiger partial charge in [0, 0.05) is 5.69 Å². The van der Waals surface area contributed by atoms with Crippen LogP contribution in [0.5, 0.6) is 0 Å². The zero-order valence-electron chi connectivity index (χ0n) is 10.6. The molecule has 0 radical (unpaired) electrons. The molecule has 1 atom stereocenters. The van der Waals surface area contributed by atoms with Crippen molar-refractivity contribution >= 4 is 39.7 Å². The average Bonchev–Trinajstić information content (AvgIpc) is 2.80. The molecule has 1 unspecified atom stereocenters. The van der Waals surface area contributed by atoms with Gasteiger partial charge in [0.25, 0.3) is 0 Å². The smallest absolute Gasteiger partial charge is 0.246 e. The number of para-hydroxylation sites is 1. The first-order valence-electron chi connectivity index (χ1n) is 5.79. The third kappa shape index (κ3) is 3.26. The summed E-state index contributed by atoms with van der Waals surface area (Å²) in [4.78, 5) is 12.0. The molecule has 0 fully saturated rings. The van der Waals surface area contributed by atoms with Crippen molar-refractivity contribution in [3.05, 3.63) is 41.0 Å². The Kier molecular flexibility index (Phi) is 4.56. The minimum atomic E-state index is -0.515. The van der Waals surface area contributed by atoms with Crippen LogP contribution in [-0.4, -0.2) is 16.3 Å². The fourth-order valence-electron chi connectivity index (χ4n) is 1.50. The maximum atomic E-state index is 12.0. The number of carbonyl (C=O) groups is 1. The highest BCUT2D eigenvalue weighted by atomic mass is 35.5. The zero-order valence-corrected chi connectivity index (χ0v) is 12.1. The van der Waals surface area contributed by atoms with Crippen LogP contribution in [-0.2, 0) is 4.79 Å². The van der Waals surface area contributed by atoms with Crippen molar-refractivity contribution in [1.82, 2.24) is 4.37 Å². The number of rotatable bonds is 4. The maximum Gasteiger partial charge on any atom is 0.246 e. The molecule has 1 heterocycles. The molecule has 102 valence electrons. The van der Waals surface area contributed by atoms with Crippen LogP contribution >= 0.6 is 23.1 Å². The van der Waals surface area contributed by atoms with Crippen LogP contribution in [0.4, 0.5) is 10.7 Å². The fraction of sp³-hybridized carbons (Fsp3) is 0.154.